The third-order valence-corrected chi connectivity index (χ3v) is 4.99. The van der Waals surface area contributed by atoms with Crippen LogP contribution < -0.4 is 0 Å². The van der Waals surface area contributed by atoms with Crippen molar-refractivity contribution in [3.63, 3.8) is 0 Å². The molecule has 1 aliphatic rings. The zero-order chi connectivity index (χ0) is 13.9. The van der Waals surface area contributed by atoms with Crippen molar-refractivity contribution in [1.82, 2.24) is 0 Å². The molecule has 0 aromatic heterocycles. The maximum atomic E-state index is 10.9. The van der Waals surface area contributed by atoms with Gasteiger partial charge in [-0.25, -0.2) is 0 Å². The normalized spacial score (nSPS) is 24.7. The fourth-order valence-corrected chi connectivity index (χ4v) is 3.75. The van der Waals surface area contributed by atoms with Crippen LogP contribution in [0.15, 0.2) is 42.5 Å². The summed E-state index contributed by atoms with van der Waals surface area (Å²) in [7, 11) is 0. The summed E-state index contributed by atoms with van der Waals surface area (Å²) in [4.78, 5) is 0. The van der Waals surface area contributed by atoms with Crippen LogP contribution in [0.2, 0.25) is 0 Å². The Balaban J connectivity index is 1.90. The minimum absolute atomic E-state index is 0.310. The first-order chi connectivity index (χ1) is 9.79. The molecule has 1 nitrogen and oxygen atoms in total. The summed E-state index contributed by atoms with van der Waals surface area (Å²) in [6, 6.07) is 14.7. The van der Waals surface area contributed by atoms with E-state index in [1.165, 1.54) is 42.9 Å². The van der Waals surface area contributed by atoms with Crippen molar-refractivity contribution >= 4 is 10.8 Å². The second-order valence-electron chi connectivity index (χ2n) is 6.21. The van der Waals surface area contributed by atoms with E-state index in [1.807, 2.05) is 0 Å². The third kappa shape index (κ3) is 2.60. The van der Waals surface area contributed by atoms with E-state index in [0.717, 1.165) is 11.5 Å². The molecule has 0 radical (unpaired) electrons. The van der Waals surface area contributed by atoms with Gasteiger partial charge in [0.2, 0.25) is 0 Å². The van der Waals surface area contributed by atoms with Gasteiger partial charge in [0.15, 0.2) is 0 Å². The smallest absolute Gasteiger partial charge is 0.0824 e. The first-order valence-corrected chi connectivity index (χ1v) is 7.95. The highest BCUT2D eigenvalue weighted by molar-refractivity contribution is 5.85. The SMILES string of the molecule is CCC1CCCC(C(O)c2cccc3ccccc23)C1. The second kappa shape index (κ2) is 5.97. The Hall–Kier alpha value is -1.34. The molecule has 1 aliphatic carbocycles. The zero-order valence-electron chi connectivity index (χ0n) is 12.3. The third-order valence-electron chi connectivity index (χ3n) is 4.99. The molecule has 0 bridgehead atoms. The molecule has 106 valence electrons. The van der Waals surface area contributed by atoms with Crippen molar-refractivity contribution in [3.8, 4) is 0 Å². The first kappa shape index (κ1) is 13.6. The van der Waals surface area contributed by atoms with Crippen LogP contribution in [-0.4, -0.2) is 5.11 Å². The van der Waals surface area contributed by atoms with Crippen molar-refractivity contribution < 1.29 is 5.11 Å². The number of hydrogen-bond donors (Lipinski definition) is 1. The lowest BCUT2D eigenvalue weighted by molar-refractivity contribution is 0.0689. The molecule has 20 heavy (non-hydrogen) atoms. The Labute approximate surface area is 121 Å². The van der Waals surface area contributed by atoms with Gasteiger partial charge in [0.1, 0.15) is 0 Å². The lowest BCUT2D eigenvalue weighted by atomic mass is 9.76. The van der Waals surface area contributed by atoms with Gasteiger partial charge in [-0.3, -0.25) is 0 Å². The van der Waals surface area contributed by atoms with Crippen LogP contribution in [0.5, 0.6) is 0 Å². The van der Waals surface area contributed by atoms with Gasteiger partial charge in [0.25, 0.3) is 0 Å². The summed E-state index contributed by atoms with van der Waals surface area (Å²) in [6.07, 6.45) is 5.90. The highest BCUT2D eigenvalue weighted by Gasteiger charge is 2.28. The molecule has 0 amide bonds. The van der Waals surface area contributed by atoms with E-state index >= 15 is 0 Å². The summed E-state index contributed by atoms with van der Waals surface area (Å²) < 4.78 is 0. The lowest BCUT2D eigenvalue weighted by Crippen LogP contribution is -2.21. The van der Waals surface area contributed by atoms with Crippen molar-refractivity contribution in [1.29, 1.82) is 0 Å². The van der Waals surface area contributed by atoms with Crippen LogP contribution in [0.4, 0.5) is 0 Å². The average molecular weight is 268 g/mol. The van der Waals surface area contributed by atoms with E-state index in [-0.39, 0.29) is 6.10 Å². The molecule has 1 saturated carbocycles. The molecule has 3 atom stereocenters. The first-order valence-electron chi connectivity index (χ1n) is 7.95. The molecule has 0 saturated heterocycles. The van der Waals surface area contributed by atoms with Gasteiger partial charge in [0.05, 0.1) is 6.10 Å². The molecule has 1 fully saturated rings. The summed E-state index contributed by atoms with van der Waals surface area (Å²) in [5.41, 5.74) is 1.12. The van der Waals surface area contributed by atoms with Gasteiger partial charge in [-0.2, -0.15) is 0 Å². The molecule has 3 unspecified atom stereocenters. The molecule has 2 aromatic carbocycles. The predicted molar refractivity (Wildman–Crippen MR) is 84.6 cm³/mol. The van der Waals surface area contributed by atoms with Gasteiger partial charge >= 0.3 is 0 Å². The number of hydrogen-bond acceptors (Lipinski definition) is 1. The molecule has 0 aliphatic heterocycles. The van der Waals surface area contributed by atoms with Gasteiger partial charge in [-0.05, 0) is 41.0 Å². The molecular formula is C19H24O. The van der Waals surface area contributed by atoms with Crippen LogP contribution in [0.3, 0.4) is 0 Å². The minimum Gasteiger partial charge on any atom is -0.388 e. The molecule has 1 heteroatoms. The highest BCUT2D eigenvalue weighted by atomic mass is 16.3. The van der Waals surface area contributed by atoms with Gasteiger partial charge in [0, 0.05) is 0 Å². The molecular weight excluding hydrogens is 244 g/mol. The molecule has 1 N–H and O–H groups in total. The largest absolute Gasteiger partial charge is 0.388 e. The molecule has 2 aromatic rings. The number of aliphatic hydroxyl groups is 1. The minimum atomic E-state index is -0.310. The Bertz CT molecular complexity index is 569. The number of benzene rings is 2. The standard InChI is InChI=1S/C19H24O/c1-2-14-7-5-10-16(13-14)19(20)18-12-6-9-15-8-3-4-11-17(15)18/h3-4,6,8-9,11-12,14,16,19-20H,2,5,7,10,13H2,1H3. The Morgan fingerprint density at radius 1 is 1.10 bits per heavy atom. The average Bonchev–Trinajstić information content (AvgIpc) is 2.53. The van der Waals surface area contributed by atoms with Crippen molar-refractivity contribution in [2.45, 2.75) is 45.1 Å². The van der Waals surface area contributed by atoms with E-state index < -0.39 is 0 Å². The van der Waals surface area contributed by atoms with E-state index in [9.17, 15) is 5.11 Å². The van der Waals surface area contributed by atoms with Crippen LogP contribution in [0, 0.1) is 11.8 Å². The topological polar surface area (TPSA) is 20.2 Å². The van der Waals surface area contributed by atoms with E-state index in [2.05, 4.69) is 49.4 Å². The fourth-order valence-electron chi connectivity index (χ4n) is 3.75. The van der Waals surface area contributed by atoms with Crippen LogP contribution >= 0.6 is 0 Å². The maximum Gasteiger partial charge on any atom is 0.0824 e. The number of aliphatic hydroxyl groups excluding tert-OH is 1. The highest BCUT2D eigenvalue weighted by Crippen LogP contribution is 2.40. The van der Waals surface area contributed by atoms with Crippen molar-refractivity contribution in [3.05, 3.63) is 48.0 Å². The maximum absolute atomic E-state index is 10.9. The Morgan fingerprint density at radius 2 is 1.90 bits per heavy atom. The Morgan fingerprint density at radius 3 is 2.75 bits per heavy atom. The lowest BCUT2D eigenvalue weighted by Gasteiger charge is -2.32. The summed E-state index contributed by atoms with van der Waals surface area (Å²) in [5, 5.41) is 13.3. The summed E-state index contributed by atoms with van der Waals surface area (Å²) in [6.45, 7) is 2.28. The molecule has 3 rings (SSSR count). The predicted octanol–water partition coefficient (Wildman–Crippen LogP) is 5.09. The second-order valence-corrected chi connectivity index (χ2v) is 6.21. The quantitative estimate of drug-likeness (QED) is 0.822. The van der Waals surface area contributed by atoms with Crippen LogP contribution in [0.25, 0.3) is 10.8 Å². The molecule has 0 heterocycles. The number of rotatable bonds is 3. The zero-order valence-corrected chi connectivity index (χ0v) is 12.3. The van der Waals surface area contributed by atoms with Gasteiger partial charge in [-0.1, -0.05) is 68.7 Å². The van der Waals surface area contributed by atoms with Crippen LogP contribution in [-0.2, 0) is 0 Å². The van der Waals surface area contributed by atoms with Gasteiger partial charge in [-0.15, -0.1) is 0 Å². The summed E-state index contributed by atoms with van der Waals surface area (Å²) in [5.74, 6) is 1.23. The van der Waals surface area contributed by atoms with Crippen molar-refractivity contribution in [2.24, 2.45) is 11.8 Å². The van der Waals surface area contributed by atoms with Crippen LogP contribution in [0.1, 0.15) is 50.7 Å². The van der Waals surface area contributed by atoms with E-state index in [1.54, 1.807) is 0 Å². The monoisotopic (exact) mass is 268 g/mol. The van der Waals surface area contributed by atoms with E-state index in [0.29, 0.717) is 5.92 Å². The van der Waals surface area contributed by atoms with Gasteiger partial charge < -0.3 is 5.11 Å². The summed E-state index contributed by atoms with van der Waals surface area (Å²) >= 11 is 0. The molecule has 0 spiro atoms. The van der Waals surface area contributed by atoms with E-state index in [4.69, 9.17) is 0 Å². The van der Waals surface area contributed by atoms with Crippen molar-refractivity contribution in [2.75, 3.05) is 0 Å². The fraction of sp³-hybridized carbons (Fsp3) is 0.474. The number of fused-ring (bicyclic) bond motifs is 1. The Kier molecular flexibility index (Phi) is 4.07.